The van der Waals surface area contributed by atoms with Crippen LogP contribution in [0.25, 0.3) is 0 Å². The Labute approximate surface area is 208 Å². The van der Waals surface area contributed by atoms with E-state index in [4.69, 9.17) is 8.37 Å². The predicted octanol–water partition coefficient (Wildman–Crippen LogP) is 5.38. The number of rotatable bonds is 7. The first kappa shape index (κ1) is 26.9. The predicted molar refractivity (Wildman–Crippen MR) is 134 cm³/mol. The van der Waals surface area contributed by atoms with E-state index in [2.05, 4.69) is 27.7 Å². The van der Waals surface area contributed by atoms with Gasteiger partial charge in [-0.25, -0.2) is 0 Å². The van der Waals surface area contributed by atoms with Gasteiger partial charge in [0.1, 0.15) is 0 Å². The van der Waals surface area contributed by atoms with Crippen molar-refractivity contribution in [3.05, 3.63) is 0 Å². The quantitative estimate of drug-likeness (QED) is 0.421. The fraction of sp³-hybridized carbons (Fsp3) is 1.00. The van der Waals surface area contributed by atoms with Gasteiger partial charge in [0.15, 0.2) is 0 Å². The van der Waals surface area contributed by atoms with Crippen molar-refractivity contribution < 1.29 is 25.2 Å². The lowest BCUT2D eigenvalue weighted by molar-refractivity contribution is -0.165. The van der Waals surface area contributed by atoms with Crippen molar-refractivity contribution in [2.75, 3.05) is 12.5 Å². The lowest BCUT2D eigenvalue weighted by Gasteiger charge is -2.63. The van der Waals surface area contributed by atoms with Gasteiger partial charge < -0.3 is 0 Å². The van der Waals surface area contributed by atoms with E-state index in [9.17, 15) is 16.8 Å². The van der Waals surface area contributed by atoms with Gasteiger partial charge in [-0.05, 0) is 92.3 Å². The summed E-state index contributed by atoms with van der Waals surface area (Å²) in [6.07, 6.45) is 12.0. The van der Waals surface area contributed by atoms with Crippen molar-refractivity contribution in [3.63, 3.8) is 0 Å². The number of hydrogen-bond donors (Lipinski definition) is 0. The highest BCUT2D eigenvalue weighted by atomic mass is 32.2. The molecule has 0 N–H and O–H groups in total. The summed E-state index contributed by atoms with van der Waals surface area (Å²) in [7, 11) is -7.02. The minimum absolute atomic E-state index is 0.0772. The van der Waals surface area contributed by atoms with Gasteiger partial charge in [-0.1, -0.05) is 40.5 Å². The third-order valence-electron chi connectivity index (χ3n) is 10.8. The van der Waals surface area contributed by atoms with Crippen LogP contribution in [0.4, 0.5) is 0 Å². The van der Waals surface area contributed by atoms with Crippen molar-refractivity contribution in [2.45, 2.75) is 104 Å². The van der Waals surface area contributed by atoms with Crippen molar-refractivity contribution in [3.8, 4) is 0 Å². The Hall–Kier alpha value is -0.180. The van der Waals surface area contributed by atoms with Gasteiger partial charge in [0.2, 0.25) is 0 Å². The molecule has 0 unspecified atom stereocenters. The smallest absolute Gasteiger partial charge is 0.264 e. The molecule has 4 fully saturated rings. The summed E-state index contributed by atoms with van der Waals surface area (Å²) < 4.78 is 59.7. The highest BCUT2D eigenvalue weighted by Crippen LogP contribution is 2.69. The molecular weight excluding hydrogens is 472 g/mol. The van der Waals surface area contributed by atoms with Crippen molar-refractivity contribution in [1.29, 1.82) is 0 Å². The Morgan fingerprint density at radius 1 is 0.882 bits per heavy atom. The zero-order chi connectivity index (χ0) is 25.1. The Morgan fingerprint density at radius 2 is 1.56 bits per heavy atom. The summed E-state index contributed by atoms with van der Waals surface area (Å²) in [6.45, 7) is 9.32. The van der Waals surface area contributed by atoms with Crippen molar-refractivity contribution >= 4 is 20.2 Å². The lowest BCUT2D eigenvalue weighted by Crippen LogP contribution is -2.59. The second-order valence-electron chi connectivity index (χ2n) is 12.7. The van der Waals surface area contributed by atoms with Gasteiger partial charge in [0, 0.05) is 5.41 Å². The zero-order valence-corrected chi connectivity index (χ0v) is 23.6. The summed E-state index contributed by atoms with van der Waals surface area (Å²) >= 11 is 0. The third kappa shape index (κ3) is 4.87. The first-order valence-corrected chi connectivity index (χ1v) is 17.1. The van der Waals surface area contributed by atoms with Crippen LogP contribution in [0.2, 0.25) is 0 Å². The fourth-order valence-corrected chi connectivity index (χ4v) is 10.8. The van der Waals surface area contributed by atoms with Crippen LogP contribution in [-0.4, -0.2) is 41.6 Å². The molecule has 10 atom stereocenters. The molecule has 0 saturated heterocycles. The largest absolute Gasteiger partial charge is 0.267 e. The van der Waals surface area contributed by atoms with Gasteiger partial charge in [-0.15, -0.1) is 0 Å². The van der Waals surface area contributed by atoms with Crippen molar-refractivity contribution in [1.82, 2.24) is 0 Å². The molecule has 4 saturated carbocycles. The van der Waals surface area contributed by atoms with Crippen LogP contribution in [0, 0.1) is 46.3 Å². The van der Waals surface area contributed by atoms with Gasteiger partial charge in [-0.3, -0.25) is 8.37 Å². The third-order valence-corrected chi connectivity index (χ3v) is 12.0. The van der Waals surface area contributed by atoms with E-state index in [-0.39, 0.29) is 23.0 Å². The van der Waals surface area contributed by atoms with Gasteiger partial charge in [-0.2, -0.15) is 16.8 Å². The molecule has 0 aromatic heterocycles. The SMILES string of the molecule is CCC[C@@H](C)[C@H]1CC[C@H]2[C@@H]3CC[C@H]4C[C@@H](OS(C)(=O)=O)CC[C@]4(C)[C@H]3C[C@H](OS(C)(=O)=O)[C@]12C. The number of fused-ring (bicyclic) bond motifs is 5. The molecule has 6 nitrogen and oxygen atoms in total. The van der Waals surface area contributed by atoms with E-state index >= 15 is 0 Å². The molecule has 0 spiro atoms. The molecule has 0 aliphatic heterocycles. The maximum atomic E-state index is 12.4. The normalized spacial score (nSPS) is 45.8. The molecule has 4 rings (SSSR count). The molecule has 4 aliphatic carbocycles. The molecule has 0 amide bonds. The van der Waals surface area contributed by atoms with E-state index in [0.717, 1.165) is 51.2 Å². The van der Waals surface area contributed by atoms with E-state index in [1.165, 1.54) is 25.5 Å². The molecule has 0 bridgehead atoms. The van der Waals surface area contributed by atoms with Crippen LogP contribution in [0.3, 0.4) is 0 Å². The molecule has 0 aromatic rings. The molecule has 0 aromatic carbocycles. The molecular formula is C26H46O6S2. The minimum Gasteiger partial charge on any atom is -0.267 e. The summed E-state index contributed by atoms with van der Waals surface area (Å²) in [5.41, 5.74) is -0.0352. The van der Waals surface area contributed by atoms with Gasteiger partial charge in [0.05, 0.1) is 24.7 Å². The Balaban J connectivity index is 1.64. The topological polar surface area (TPSA) is 86.7 Å². The highest BCUT2D eigenvalue weighted by Gasteiger charge is 2.65. The van der Waals surface area contributed by atoms with E-state index in [1.807, 2.05) is 0 Å². The molecule has 0 radical (unpaired) electrons. The van der Waals surface area contributed by atoms with Crippen LogP contribution in [0.15, 0.2) is 0 Å². The molecule has 198 valence electrons. The van der Waals surface area contributed by atoms with Crippen LogP contribution < -0.4 is 0 Å². The average molecular weight is 519 g/mol. The first-order valence-electron chi connectivity index (χ1n) is 13.5. The summed E-state index contributed by atoms with van der Waals surface area (Å²) in [5.74, 6) is 2.97. The summed E-state index contributed by atoms with van der Waals surface area (Å²) in [4.78, 5) is 0. The monoisotopic (exact) mass is 518 g/mol. The zero-order valence-electron chi connectivity index (χ0n) is 22.0. The Kier molecular flexibility index (Phi) is 7.34. The Bertz CT molecular complexity index is 962. The van der Waals surface area contributed by atoms with Crippen LogP contribution >= 0.6 is 0 Å². The summed E-state index contributed by atoms with van der Waals surface area (Å²) in [5, 5.41) is 0. The van der Waals surface area contributed by atoms with Gasteiger partial charge >= 0.3 is 0 Å². The second-order valence-corrected chi connectivity index (χ2v) is 15.9. The number of hydrogen-bond acceptors (Lipinski definition) is 6. The second kappa shape index (κ2) is 9.29. The summed E-state index contributed by atoms with van der Waals surface area (Å²) in [6, 6.07) is 0. The maximum absolute atomic E-state index is 12.4. The van der Waals surface area contributed by atoms with Crippen LogP contribution in [-0.2, 0) is 28.6 Å². The van der Waals surface area contributed by atoms with E-state index < -0.39 is 20.2 Å². The molecule has 4 aliphatic rings. The highest BCUT2D eigenvalue weighted by molar-refractivity contribution is 7.86. The van der Waals surface area contributed by atoms with Crippen molar-refractivity contribution in [2.24, 2.45) is 46.3 Å². The lowest BCUT2D eigenvalue weighted by atomic mass is 9.43. The Morgan fingerprint density at radius 3 is 2.18 bits per heavy atom. The maximum Gasteiger partial charge on any atom is 0.264 e. The first-order chi connectivity index (χ1) is 15.7. The molecule has 34 heavy (non-hydrogen) atoms. The van der Waals surface area contributed by atoms with Crippen LogP contribution in [0.1, 0.15) is 91.9 Å². The minimum atomic E-state index is -3.56. The van der Waals surface area contributed by atoms with Crippen LogP contribution in [0.5, 0.6) is 0 Å². The van der Waals surface area contributed by atoms with E-state index in [1.54, 1.807) is 0 Å². The molecule has 0 heterocycles. The molecule has 8 heteroatoms. The van der Waals surface area contributed by atoms with E-state index in [0.29, 0.717) is 35.5 Å². The fourth-order valence-electron chi connectivity index (χ4n) is 9.46. The average Bonchev–Trinajstić information content (AvgIpc) is 3.05. The standard InChI is InChI=1S/C26H46O6S2/c1-7-8-17(2)21-11-12-22-20-10-9-18-15-19(31-33(5,27)28)13-14-25(18,3)23(20)16-24(26(21,22)4)32-34(6,29)30/h17-24H,7-16H2,1-6H3/t17-,18+,19+,20+,21-,22+,23+,24+,25+,26-/m1/s1. The van der Waals surface area contributed by atoms with Gasteiger partial charge in [0.25, 0.3) is 20.2 Å².